The predicted octanol–water partition coefficient (Wildman–Crippen LogP) is 2.84. The molecule has 1 fully saturated rings. The molecule has 1 rings (SSSR count). The first-order valence-corrected chi connectivity index (χ1v) is 13.6. The van der Waals surface area contributed by atoms with Crippen LogP contribution in [-0.4, -0.2) is 96.3 Å². The van der Waals surface area contributed by atoms with Crippen molar-refractivity contribution in [1.82, 2.24) is 20.0 Å². The standard InChI is InChI=1S/C28H50N4O5/c1-11-37-24(33)17-30(9)27(35)21(8)16-23(18(2)3)31(10)28(36)25(19(4)5)29-26(34)22-14-12-13-15-32(22)20(6)7/h16,18-20,22-23,25H,11-15,17H2,1-10H3,(H,29,34)/t22-,23-,25+/m1/s1. The SMILES string of the molecule is CCOC(=O)CN(C)C(=O)C(C)=C[C@H](C(C)C)N(C)C(=O)[C@@H](NC(=O)[C@H]1CCCCN1C(C)C)C(C)C. The van der Waals surface area contributed by atoms with Crippen molar-refractivity contribution >= 4 is 23.7 Å². The lowest BCUT2D eigenvalue weighted by Crippen LogP contribution is -2.58. The van der Waals surface area contributed by atoms with Crippen molar-refractivity contribution in [2.45, 2.75) is 98.8 Å². The number of rotatable bonds is 12. The molecule has 3 amide bonds. The van der Waals surface area contributed by atoms with Gasteiger partial charge in [0, 0.05) is 25.7 Å². The topological polar surface area (TPSA) is 99.3 Å². The van der Waals surface area contributed by atoms with Crippen LogP contribution in [0.4, 0.5) is 0 Å². The van der Waals surface area contributed by atoms with E-state index in [2.05, 4.69) is 24.1 Å². The maximum absolute atomic E-state index is 13.7. The van der Waals surface area contributed by atoms with Gasteiger partial charge in [-0.25, -0.2) is 0 Å². The lowest BCUT2D eigenvalue weighted by atomic mass is 9.95. The molecule has 0 radical (unpaired) electrons. The zero-order valence-electron chi connectivity index (χ0n) is 24.7. The Kier molecular flexibility index (Phi) is 13.3. The quantitative estimate of drug-likeness (QED) is 0.313. The van der Waals surface area contributed by atoms with Crippen LogP contribution >= 0.6 is 0 Å². The molecule has 0 aromatic heterocycles. The van der Waals surface area contributed by atoms with Gasteiger partial charge in [0.05, 0.1) is 18.7 Å². The predicted molar refractivity (Wildman–Crippen MR) is 146 cm³/mol. The van der Waals surface area contributed by atoms with Gasteiger partial charge in [-0.15, -0.1) is 0 Å². The number of ether oxygens (including phenoxy) is 1. The van der Waals surface area contributed by atoms with Crippen LogP contribution in [0, 0.1) is 11.8 Å². The Morgan fingerprint density at radius 2 is 1.65 bits per heavy atom. The highest BCUT2D eigenvalue weighted by molar-refractivity contribution is 5.95. The summed E-state index contributed by atoms with van der Waals surface area (Å²) in [5.41, 5.74) is 0.435. The highest BCUT2D eigenvalue weighted by atomic mass is 16.5. The van der Waals surface area contributed by atoms with Crippen molar-refractivity contribution in [3.8, 4) is 0 Å². The van der Waals surface area contributed by atoms with E-state index in [1.165, 1.54) is 4.90 Å². The third-order valence-corrected chi connectivity index (χ3v) is 6.99. The van der Waals surface area contributed by atoms with E-state index in [4.69, 9.17) is 4.74 Å². The van der Waals surface area contributed by atoms with Crippen molar-refractivity contribution < 1.29 is 23.9 Å². The van der Waals surface area contributed by atoms with Gasteiger partial charge >= 0.3 is 5.97 Å². The zero-order valence-corrected chi connectivity index (χ0v) is 24.7. The van der Waals surface area contributed by atoms with E-state index in [1.54, 1.807) is 38.9 Å². The molecule has 1 saturated heterocycles. The van der Waals surface area contributed by atoms with Crippen LogP contribution in [0.5, 0.6) is 0 Å². The molecule has 1 aliphatic heterocycles. The Labute approximate surface area is 223 Å². The molecular weight excluding hydrogens is 472 g/mol. The van der Waals surface area contributed by atoms with Crippen molar-refractivity contribution in [2.75, 3.05) is 33.8 Å². The molecule has 3 atom stereocenters. The number of nitrogens with one attached hydrogen (secondary N) is 1. The Bertz CT molecular complexity index is 823. The number of hydrogen-bond donors (Lipinski definition) is 1. The monoisotopic (exact) mass is 522 g/mol. The van der Waals surface area contributed by atoms with E-state index in [9.17, 15) is 19.2 Å². The molecule has 0 aromatic carbocycles. The third-order valence-electron chi connectivity index (χ3n) is 6.99. The number of amides is 3. The lowest BCUT2D eigenvalue weighted by Gasteiger charge is -2.39. The van der Waals surface area contributed by atoms with Gasteiger partial charge in [-0.1, -0.05) is 40.2 Å². The molecule has 1 aliphatic rings. The summed E-state index contributed by atoms with van der Waals surface area (Å²) in [5, 5.41) is 3.05. The second-order valence-electron chi connectivity index (χ2n) is 11.1. The van der Waals surface area contributed by atoms with Crippen molar-refractivity contribution in [3.63, 3.8) is 0 Å². The fourth-order valence-electron chi connectivity index (χ4n) is 4.83. The van der Waals surface area contributed by atoms with Crippen LogP contribution in [0.25, 0.3) is 0 Å². The van der Waals surface area contributed by atoms with E-state index >= 15 is 0 Å². The van der Waals surface area contributed by atoms with Crippen LogP contribution in [0.1, 0.15) is 74.7 Å². The van der Waals surface area contributed by atoms with Crippen LogP contribution in [-0.2, 0) is 23.9 Å². The number of esters is 1. The van der Waals surface area contributed by atoms with E-state index in [1.807, 2.05) is 27.7 Å². The minimum atomic E-state index is -0.675. The summed E-state index contributed by atoms with van der Waals surface area (Å²) in [5.74, 6) is -1.15. The normalized spacial score (nSPS) is 18.5. The molecule has 0 spiro atoms. The maximum atomic E-state index is 13.7. The minimum absolute atomic E-state index is 0.0188. The van der Waals surface area contributed by atoms with Gasteiger partial charge in [-0.3, -0.25) is 24.1 Å². The van der Waals surface area contributed by atoms with Crippen LogP contribution in [0.15, 0.2) is 11.6 Å². The maximum Gasteiger partial charge on any atom is 0.325 e. The third kappa shape index (κ3) is 9.43. The molecule has 9 heteroatoms. The van der Waals surface area contributed by atoms with Gasteiger partial charge in [-0.2, -0.15) is 0 Å². The number of piperidine rings is 1. The molecule has 1 N–H and O–H groups in total. The average molecular weight is 523 g/mol. The summed E-state index contributed by atoms with van der Waals surface area (Å²) in [6.45, 7) is 16.4. The fraction of sp³-hybridized carbons (Fsp3) is 0.786. The van der Waals surface area contributed by atoms with Gasteiger partial charge in [0.15, 0.2) is 0 Å². The molecule has 9 nitrogen and oxygen atoms in total. The number of likely N-dealkylation sites (tertiary alicyclic amines) is 1. The molecule has 1 heterocycles. The van der Waals surface area contributed by atoms with Gasteiger partial charge in [-0.05, 0) is 58.9 Å². The lowest BCUT2D eigenvalue weighted by molar-refractivity contribution is -0.147. The Balaban J connectivity index is 3.06. The summed E-state index contributed by atoms with van der Waals surface area (Å²) in [6.07, 6.45) is 4.64. The largest absolute Gasteiger partial charge is 0.465 e. The first-order chi connectivity index (χ1) is 17.2. The van der Waals surface area contributed by atoms with E-state index < -0.39 is 12.0 Å². The van der Waals surface area contributed by atoms with E-state index in [0.717, 1.165) is 25.8 Å². The molecule has 37 heavy (non-hydrogen) atoms. The Hall–Kier alpha value is -2.42. The van der Waals surface area contributed by atoms with Gasteiger partial charge in [0.1, 0.15) is 12.6 Å². The number of carbonyl (C=O) groups is 4. The second-order valence-corrected chi connectivity index (χ2v) is 11.1. The van der Waals surface area contributed by atoms with Crippen molar-refractivity contribution in [3.05, 3.63) is 11.6 Å². The smallest absolute Gasteiger partial charge is 0.325 e. The fourth-order valence-corrected chi connectivity index (χ4v) is 4.83. The van der Waals surface area contributed by atoms with Crippen molar-refractivity contribution in [1.29, 1.82) is 0 Å². The number of hydrogen-bond acceptors (Lipinski definition) is 6. The Morgan fingerprint density at radius 1 is 1.03 bits per heavy atom. The summed E-state index contributed by atoms with van der Waals surface area (Å²) in [4.78, 5) is 56.8. The second kappa shape index (κ2) is 15.1. The van der Waals surface area contributed by atoms with Gasteiger partial charge in [0.2, 0.25) is 17.7 Å². The van der Waals surface area contributed by atoms with E-state index in [0.29, 0.717) is 5.57 Å². The Morgan fingerprint density at radius 3 is 2.16 bits per heavy atom. The van der Waals surface area contributed by atoms with Gasteiger partial charge in [0.25, 0.3) is 0 Å². The summed E-state index contributed by atoms with van der Waals surface area (Å²) in [6, 6.07) is -1.02. The highest BCUT2D eigenvalue weighted by Crippen LogP contribution is 2.21. The highest BCUT2D eigenvalue weighted by Gasteiger charge is 2.36. The zero-order chi connectivity index (χ0) is 28.4. The summed E-state index contributed by atoms with van der Waals surface area (Å²) in [7, 11) is 3.26. The summed E-state index contributed by atoms with van der Waals surface area (Å²) < 4.78 is 4.93. The molecule has 0 aliphatic carbocycles. The molecular formula is C28H50N4O5. The first kappa shape index (κ1) is 32.6. The van der Waals surface area contributed by atoms with Crippen LogP contribution < -0.4 is 5.32 Å². The average Bonchev–Trinajstić information content (AvgIpc) is 2.83. The summed E-state index contributed by atoms with van der Waals surface area (Å²) >= 11 is 0. The molecule has 0 unspecified atom stereocenters. The van der Waals surface area contributed by atoms with E-state index in [-0.39, 0.29) is 60.8 Å². The minimum Gasteiger partial charge on any atom is -0.465 e. The first-order valence-electron chi connectivity index (χ1n) is 13.6. The molecule has 0 aromatic rings. The van der Waals surface area contributed by atoms with Crippen LogP contribution in [0.2, 0.25) is 0 Å². The molecule has 212 valence electrons. The molecule has 0 saturated carbocycles. The number of carbonyl (C=O) groups excluding carboxylic acids is 4. The van der Waals surface area contributed by atoms with Gasteiger partial charge < -0.3 is 19.9 Å². The molecule has 0 bridgehead atoms. The number of nitrogens with zero attached hydrogens (tertiary/aromatic N) is 3. The number of likely N-dealkylation sites (N-methyl/N-ethyl adjacent to an activating group) is 2. The van der Waals surface area contributed by atoms with Crippen molar-refractivity contribution in [2.24, 2.45) is 11.8 Å². The van der Waals surface area contributed by atoms with Crippen LogP contribution in [0.3, 0.4) is 0 Å².